The molecule has 6 rings (SSSR count). The van der Waals surface area contributed by atoms with Crippen molar-refractivity contribution < 1.29 is 103 Å². The van der Waals surface area contributed by atoms with Crippen molar-refractivity contribution in [2.24, 2.45) is 51.0 Å². The molecule has 0 bridgehead atoms. The Kier molecular flexibility index (Phi) is 32.8. The van der Waals surface area contributed by atoms with Crippen LogP contribution >= 0.6 is 22.7 Å². The van der Waals surface area contributed by atoms with E-state index in [1.165, 1.54) is 50.4 Å². The molecule has 0 spiro atoms. The third-order valence-electron chi connectivity index (χ3n) is 16.9. The summed E-state index contributed by atoms with van der Waals surface area (Å²) in [6, 6.07) is -7.93. The highest BCUT2D eigenvalue weighted by molar-refractivity contribution is 7.14. The van der Waals surface area contributed by atoms with Crippen molar-refractivity contribution in [3.05, 3.63) is 56.8 Å². The van der Waals surface area contributed by atoms with Gasteiger partial charge in [-0.3, -0.25) is 44.0 Å². The minimum Gasteiger partial charge on any atom is -0.441 e. The lowest BCUT2D eigenvalue weighted by molar-refractivity contribution is -0.372. The molecule has 32 N–H and O–H groups in total. The molecule has 46 heteroatoms. The number of anilines is 1. The van der Waals surface area contributed by atoms with Crippen LogP contribution in [0.15, 0.2) is 28.3 Å². The third-order valence-corrected chi connectivity index (χ3v) is 18.7. The van der Waals surface area contributed by atoms with E-state index < -0.39 is 189 Å². The maximum absolute atomic E-state index is 15.2. The van der Waals surface area contributed by atoms with Crippen LogP contribution in [0.25, 0.3) is 10.7 Å². The lowest BCUT2D eigenvalue weighted by Crippen LogP contribution is -2.65. The molecule has 588 valence electrons. The Balaban J connectivity index is 1.18. The number of guanidine groups is 2. The average Bonchev–Trinajstić information content (AvgIpc) is 0.949. The van der Waals surface area contributed by atoms with E-state index in [9.17, 15) is 74.4 Å². The van der Waals surface area contributed by atoms with Crippen molar-refractivity contribution in [1.29, 1.82) is 5.41 Å². The van der Waals surface area contributed by atoms with Crippen LogP contribution in [0, 0.1) is 18.3 Å². The predicted octanol–water partition coefficient (Wildman–Crippen LogP) is -8.94. The van der Waals surface area contributed by atoms with E-state index in [1.807, 2.05) is 0 Å². The third kappa shape index (κ3) is 23.9. The Morgan fingerprint density at radius 2 is 1.44 bits per heavy atom. The number of aromatic nitrogens is 6. The molecule has 2 saturated heterocycles. The maximum atomic E-state index is 15.2. The van der Waals surface area contributed by atoms with Crippen LogP contribution < -0.4 is 77.8 Å². The first-order chi connectivity index (χ1) is 50.1. The first-order valence-electron chi connectivity index (χ1n) is 33.2. The number of imidazole rings is 1. The van der Waals surface area contributed by atoms with Gasteiger partial charge in [-0.1, -0.05) is 6.92 Å². The predicted molar refractivity (Wildman–Crippen MR) is 373 cm³/mol. The van der Waals surface area contributed by atoms with Gasteiger partial charge in [-0.25, -0.2) is 29.7 Å². The number of primary amides is 3. The summed E-state index contributed by atoms with van der Waals surface area (Å²) >= 11 is 2.44. The van der Waals surface area contributed by atoms with Gasteiger partial charge in [0.1, 0.15) is 94.6 Å². The number of aliphatic imine (C=N–C) groups is 1. The fraction of sp³-hybridized carbons (Fsp3) is 0.617. The Hall–Kier alpha value is -9.11. The highest BCUT2D eigenvalue weighted by Crippen LogP contribution is 2.35. The van der Waals surface area contributed by atoms with Crippen LogP contribution in [0.5, 0.6) is 0 Å². The smallest absolute Gasteiger partial charge is 0.404 e. The van der Waals surface area contributed by atoms with E-state index in [1.54, 1.807) is 15.7 Å². The molecule has 0 radical (unpaired) electrons. The minimum atomic E-state index is -2.21. The Bertz CT molecular complexity index is 3630. The first-order valence-corrected chi connectivity index (χ1v) is 35.0. The van der Waals surface area contributed by atoms with Crippen molar-refractivity contribution >= 4 is 87.9 Å². The van der Waals surface area contributed by atoms with E-state index >= 15 is 4.79 Å². The van der Waals surface area contributed by atoms with Gasteiger partial charge in [-0.2, -0.15) is 0 Å². The molecule has 44 nitrogen and oxygen atoms in total. The summed E-state index contributed by atoms with van der Waals surface area (Å²) < 4.78 is 28.8. The van der Waals surface area contributed by atoms with Gasteiger partial charge in [0.2, 0.25) is 29.5 Å². The average molecular weight is 1540 g/mol. The molecule has 0 aliphatic carbocycles. The number of aliphatic hydroxyl groups is 8. The Labute approximate surface area is 613 Å². The number of rotatable bonds is 41. The molecule has 8 amide bonds. The zero-order chi connectivity index (χ0) is 78.4. The van der Waals surface area contributed by atoms with Crippen molar-refractivity contribution in [3.8, 4) is 10.7 Å². The number of ether oxygens (including phenoxy) is 5. The first kappa shape index (κ1) is 85.8. The van der Waals surface area contributed by atoms with Crippen LogP contribution in [-0.4, -0.2) is 285 Å². The van der Waals surface area contributed by atoms with Gasteiger partial charge in [0.05, 0.1) is 72.7 Å². The van der Waals surface area contributed by atoms with Gasteiger partial charge in [0, 0.05) is 68.4 Å². The number of hydrogen-bond donors (Lipinski definition) is 24. The van der Waals surface area contributed by atoms with Crippen molar-refractivity contribution in [3.63, 3.8) is 0 Å². The molecule has 2 aliphatic heterocycles. The number of nitrogens with zero attached hydrogens (tertiary/aromatic N) is 7. The number of H-pyrrole nitrogens is 1. The zero-order valence-corrected chi connectivity index (χ0v) is 59.8. The molecule has 4 aromatic rings. The summed E-state index contributed by atoms with van der Waals surface area (Å²) in [6.07, 6.45) is -22.6. The minimum absolute atomic E-state index is 0.0107. The quantitative estimate of drug-likeness (QED) is 0.0111. The number of amides is 8. The molecular weight excluding hydrogens is 1440 g/mol. The van der Waals surface area contributed by atoms with Crippen molar-refractivity contribution in [2.45, 2.75) is 176 Å². The molecule has 4 aromatic heterocycles. The van der Waals surface area contributed by atoms with Crippen molar-refractivity contribution in [1.82, 2.24) is 66.7 Å². The second-order valence-corrected chi connectivity index (χ2v) is 26.7. The highest BCUT2D eigenvalue weighted by atomic mass is 32.1. The van der Waals surface area contributed by atoms with Crippen LogP contribution in [0.2, 0.25) is 0 Å². The topological polar surface area (TPSA) is 745 Å². The number of carbonyl (C=O) groups is 8. The summed E-state index contributed by atoms with van der Waals surface area (Å²) in [5, 5.41) is 116. The van der Waals surface area contributed by atoms with Crippen LogP contribution in [0.4, 0.5) is 10.6 Å². The lowest BCUT2D eigenvalue weighted by atomic mass is 9.96. The van der Waals surface area contributed by atoms with E-state index in [-0.39, 0.29) is 60.0 Å². The van der Waals surface area contributed by atoms with Crippen LogP contribution in [0.3, 0.4) is 0 Å². The van der Waals surface area contributed by atoms with E-state index in [2.05, 4.69) is 66.8 Å². The summed E-state index contributed by atoms with van der Waals surface area (Å²) in [5.74, 6) is -8.95. The second-order valence-electron chi connectivity index (χ2n) is 24.9. The second kappa shape index (κ2) is 40.6. The lowest BCUT2D eigenvalue weighted by Gasteiger charge is -2.47. The fourth-order valence-corrected chi connectivity index (χ4v) is 12.5. The van der Waals surface area contributed by atoms with Gasteiger partial charge in [-0.05, 0) is 46.5 Å². The molecular formula is C60H95N23O21S2. The number of hydrogen-bond acceptors (Lipinski definition) is 33. The van der Waals surface area contributed by atoms with Gasteiger partial charge >= 0.3 is 6.09 Å². The number of unbranched alkanes of at least 4 members (excludes halogenated alkanes) is 2. The normalized spacial score (nSPS) is 22.7. The van der Waals surface area contributed by atoms with Gasteiger partial charge in [0.15, 0.2) is 30.6 Å². The maximum Gasteiger partial charge on any atom is 0.404 e. The van der Waals surface area contributed by atoms with Gasteiger partial charge in [0.25, 0.3) is 11.8 Å². The molecule has 0 saturated carbocycles. The number of aromatic amines is 1. The van der Waals surface area contributed by atoms with Crippen molar-refractivity contribution in [2.75, 3.05) is 58.2 Å². The number of nitrogens with one attached hydrogen (secondary N) is 8. The van der Waals surface area contributed by atoms with Crippen LogP contribution in [-0.2, 0) is 54.1 Å². The summed E-state index contributed by atoms with van der Waals surface area (Å²) in [6.45, 7) is 4.43. The molecule has 19 unspecified atom stereocenters. The number of nitrogen functional groups attached to an aromatic ring is 1. The molecule has 2 aliphatic rings. The standard InChI is InChI=1S/C60H95N23O21S2/c1-23-36(79-49(82-47(23)63)28(15-34(62)87)74-16-27(61)48(64)93)53(97)81-38(44(29-17-70-22-75-29)102-57-46(42(91)40(89)32(18-84)101-57)103-56-43(92)45(104-60(69)99)41(90)33(19-85)100-56)54(98)76-25(3)39(88)24(2)50(94)80-37(26(4)86)52(96)72-12-9-35-77-31(21-105-35)55-78-30(20-106-55)51(95)71-10-5-7-13-83(59(67)68)14-8-6-11-73-58(65)66/h17,20-22,24-28,32-33,37-46,56-57,74,84-86,88-92H,5-16,18-19,61H2,1-4H3,(H2,62,87)(H2,64,93)(H3,67,68)(H2,69,99)(H,70,75)(H,71,95)(H,72,96)(H,76,98)(H,80,94)(H,81,97)(H2,63,79,82)(H4,65,66,73). The summed E-state index contributed by atoms with van der Waals surface area (Å²) in [4.78, 5) is 137. The largest absolute Gasteiger partial charge is 0.441 e. The number of aliphatic hydroxyl groups excluding tert-OH is 8. The number of nitrogens with two attached hydrogens (primary N) is 8. The fourth-order valence-electron chi connectivity index (χ4n) is 10.8. The van der Waals surface area contributed by atoms with Gasteiger partial charge in [-0.15, -0.1) is 22.7 Å². The Morgan fingerprint density at radius 3 is 2.07 bits per heavy atom. The summed E-state index contributed by atoms with van der Waals surface area (Å²) in [5.41, 5.74) is 44.4. The SMILES string of the molecule is Cc1c(N)nc(C(CC(N)=O)NCC(N)C(N)=O)nc1C(=O)NC(C(=O)NC(C)C(O)C(C)C(=O)NC(C(=O)NCCc1nc(-c2nc(C(=O)NCCCCN(CCCCN=C(N)N)C(=N)N)cs2)cs1)C(C)O)C(OC1OC(CO)C(O)C(O)C1OC1OC(CO)C(O)C(OC(N)=O)C1O)c1cnc[nH]1. The zero-order valence-electron chi connectivity index (χ0n) is 58.1. The molecule has 106 heavy (non-hydrogen) atoms. The van der Waals surface area contributed by atoms with Crippen LogP contribution in [0.1, 0.15) is 108 Å². The number of carbonyl (C=O) groups excluding carboxylic acids is 8. The highest BCUT2D eigenvalue weighted by Gasteiger charge is 2.54. The monoisotopic (exact) mass is 1540 g/mol. The van der Waals surface area contributed by atoms with E-state index in [0.717, 1.165) is 18.9 Å². The van der Waals surface area contributed by atoms with Gasteiger partial charge < -0.3 is 152 Å². The molecule has 2 fully saturated rings. The van der Waals surface area contributed by atoms with E-state index in [4.69, 9.17) is 75.0 Å². The van der Waals surface area contributed by atoms with E-state index in [0.29, 0.717) is 61.2 Å². The molecule has 6 heterocycles. The Morgan fingerprint density at radius 1 is 0.764 bits per heavy atom. The molecule has 0 aromatic carbocycles. The number of thiazole rings is 2. The summed E-state index contributed by atoms with van der Waals surface area (Å²) in [7, 11) is 0. The molecule has 19 atom stereocenters.